The Morgan fingerprint density at radius 1 is 1.11 bits per heavy atom. The second-order valence-electron chi connectivity index (χ2n) is 6.95. The molecule has 0 aromatic heterocycles. The third kappa shape index (κ3) is 5.49. The number of hydrogen-bond donors (Lipinski definition) is 2. The molecule has 2 aromatic rings. The second-order valence-corrected chi connectivity index (χ2v) is 7.33. The quantitative estimate of drug-likeness (QED) is 0.692. The van der Waals surface area contributed by atoms with Gasteiger partial charge in [-0.05, 0) is 69.5 Å². The van der Waals surface area contributed by atoms with Gasteiger partial charge in [0.25, 0.3) is 11.8 Å². The Balaban J connectivity index is 2.11. The standard InChI is InChI=1S/C22H27ClN2O3/c1-6-15(4)24-22(27)18-9-7-8-10-19(18)25-21(26)16(5)28-17-11-13(2)20(23)14(3)12-17/h7-12,15-16H,6H2,1-5H3,(H,24,27)(H,25,26)/t15-,16+/m1/s1. The van der Waals surface area contributed by atoms with Crippen LogP contribution in [0.25, 0.3) is 0 Å². The van der Waals surface area contributed by atoms with Crippen LogP contribution in [0, 0.1) is 13.8 Å². The SMILES string of the molecule is CC[C@@H](C)NC(=O)c1ccccc1NC(=O)[C@H](C)Oc1cc(C)c(Cl)c(C)c1. The van der Waals surface area contributed by atoms with Gasteiger partial charge in [-0.15, -0.1) is 0 Å². The molecule has 2 amide bonds. The minimum Gasteiger partial charge on any atom is -0.481 e. The first-order valence-electron chi connectivity index (χ1n) is 9.37. The first-order valence-corrected chi connectivity index (χ1v) is 9.74. The van der Waals surface area contributed by atoms with Crippen molar-refractivity contribution < 1.29 is 14.3 Å². The van der Waals surface area contributed by atoms with Gasteiger partial charge in [-0.3, -0.25) is 9.59 Å². The maximum absolute atomic E-state index is 12.6. The number of aryl methyl sites for hydroxylation is 2. The van der Waals surface area contributed by atoms with E-state index in [1.165, 1.54) is 0 Å². The number of rotatable bonds is 7. The molecule has 0 fully saturated rings. The van der Waals surface area contributed by atoms with Crippen molar-refractivity contribution in [1.29, 1.82) is 0 Å². The fourth-order valence-corrected chi connectivity index (χ4v) is 2.77. The third-order valence-corrected chi connectivity index (χ3v) is 5.11. The monoisotopic (exact) mass is 402 g/mol. The highest BCUT2D eigenvalue weighted by atomic mass is 35.5. The van der Waals surface area contributed by atoms with E-state index in [1.54, 1.807) is 43.3 Å². The fraction of sp³-hybridized carbons (Fsp3) is 0.364. The van der Waals surface area contributed by atoms with Crippen LogP contribution in [-0.4, -0.2) is 24.0 Å². The Morgan fingerprint density at radius 2 is 1.71 bits per heavy atom. The summed E-state index contributed by atoms with van der Waals surface area (Å²) in [5.74, 6) is 0.0154. The zero-order valence-electron chi connectivity index (χ0n) is 16.9. The molecule has 2 rings (SSSR count). The lowest BCUT2D eigenvalue weighted by atomic mass is 10.1. The van der Waals surface area contributed by atoms with Crippen LogP contribution in [0.4, 0.5) is 5.69 Å². The Bertz CT molecular complexity index is 844. The van der Waals surface area contributed by atoms with Gasteiger partial charge in [-0.25, -0.2) is 0 Å². The van der Waals surface area contributed by atoms with E-state index in [9.17, 15) is 9.59 Å². The number of amides is 2. The molecule has 0 saturated carbocycles. The summed E-state index contributed by atoms with van der Waals surface area (Å²) in [7, 11) is 0. The first-order chi connectivity index (χ1) is 13.2. The van der Waals surface area contributed by atoms with Crippen molar-refractivity contribution in [2.45, 2.75) is 53.2 Å². The molecule has 2 atom stereocenters. The molecular formula is C22H27ClN2O3. The molecule has 28 heavy (non-hydrogen) atoms. The van der Waals surface area contributed by atoms with Crippen molar-refractivity contribution in [3.63, 3.8) is 0 Å². The Kier molecular flexibility index (Phi) is 7.46. The van der Waals surface area contributed by atoms with E-state index in [0.717, 1.165) is 17.5 Å². The van der Waals surface area contributed by atoms with E-state index < -0.39 is 6.10 Å². The molecule has 0 bridgehead atoms. The predicted octanol–water partition coefficient (Wildman–Crippen LogP) is 4.89. The molecule has 2 N–H and O–H groups in total. The third-order valence-electron chi connectivity index (χ3n) is 4.51. The number of halogens is 1. The highest BCUT2D eigenvalue weighted by Gasteiger charge is 2.19. The predicted molar refractivity (Wildman–Crippen MR) is 113 cm³/mol. The second kappa shape index (κ2) is 9.60. The van der Waals surface area contributed by atoms with Crippen LogP contribution in [-0.2, 0) is 4.79 Å². The van der Waals surface area contributed by atoms with E-state index in [1.807, 2.05) is 27.7 Å². The molecule has 0 aliphatic heterocycles. The molecule has 0 radical (unpaired) electrons. The Morgan fingerprint density at radius 3 is 2.32 bits per heavy atom. The lowest BCUT2D eigenvalue weighted by Gasteiger charge is -2.18. The number of carbonyl (C=O) groups is 2. The summed E-state index contributed by atoms with van der Waals surface area (Å²) in [6, 6.07) is 10.6. The minimum atomic E-state index is -0.745. The summed E-state index contributed by atoms with van der Waals surface area (Å²) >= 11 is 6.18. The molecule has 0 aliphatic carbocycles. The Hall–Kier alpha value is -2.53. The van der Waals surface area contributed by atoms with Gasteiger partial charge >= 0.3 is 0 Å². The van der Waals surface area contributed by atoms with Gasteiger partial charge in [-0.1, -0.05) is 30.7 Å². The molecule has 0 saturated heterocycles. The molecule has 2 aromatic carbocycles. The number of ether oxygens (including phenoxy) is 1. The van der Waals surface area contributed by atoms with Crippen molar-refractivity contribution in [1.82, 2.24) is 5.32 Å². The zero-order valence-corrected chi connectivity index (χ0v) is 17.7. The average Bonchev–Trinajstić information content (AvgIpc) is 2.66. The number of hydrogen-bond acceptors (Lipinski definition) is 3. The summed E-state index contributed by atoms with van der Waals surface area (Å²) in [4.78, 5) is 25.1. The molecular weight excluding hydrogens is 376 g/mol. The molecule has 0 unspecified atom stereocenters. The fourth-order valence-electron chi connectivity index (χ4n) is 2.66. The van der Waals surface area contributed by atoms with Gasteiger partial charge in [0, 0.05) is 11.1 Å². The van der Waals surface area contributed by atoms with Gasteiger partial charge in [0.15, 0.2) is 6.10 Å². The summed E-state index contributed by atoms with van der Waals surface area (Å²) < 4.78 is 5.78. The number of benzene rings is 2. The van der Waals surface area contributed by atoms with Crippen molar-refractivity contribution in [3.05, 3.63) is 58.1 Å². The molecule has 0 spiro atoms. The number of anilines is 1. The summed E-state index contributed by atoms with van der Waals surface area (Å²) in [5, 5.41) is 6.39. The van der Waals surface area contributed by atoms with Gasteiger partial charge in [0.1, 0.15) is 5.75 Å². The largest absolute Gasteiger partial charge is 0.481 e. The van der Waals surface area contributed by atoms with Crippen LogP contribution in [0.2, 0.25) is 5.02 Å². The van der Waals surface area contributed by atoms with Crippen LogP contribution in [0.5, 0.6) is 5.75 Å². The van der Waals surface area contributed by atoms with E-state index >= 15 is 0 Å². The van der Waals surface area contributed by atoms with E-state index in [4.69, 9.17) is 16.3 Å². The van der Waals surface area contributed by atoms with Crippen LogP contribution < -0.4 is 15.4 Å². The van der Waals surface area contributed by atoms with Gasteiger partial charge in [-0.2, -0.15) is 0 Å². The smallest absolute Gasteiger partial charge is 0.265 e. The summed E-state index contributed by atoms with van der Waals surface area (Å²) in [6.45, 7) is 9.37. The number of para-hydroxylation sites is 1. The van der Waals surface area contributed by atoms with Gasteiger partial charge in [0.05, 0.1) is 11.3 Å². The highest BCUT2D eigenvalue weighted by molar-refractivity contribution is 6.32. The zero-order chi connectivity index (χ0) is 20.8. The average molecular weight is 403 g/mol. The molecule has 0 aliphatic rings. The molecule has 5 nitrogen and oxygen atoms in total. The molecule has 6 heteroatoms. The number of carbonyl (C=O) groups excluding carboxylic acids is 2. The van der Waals surface area contributed by atoms with Crippen LogP contribution in [0.3, 0.4) is 0 Å². The van der Waals surface area contributed by atoms with Crippen molar-refractivity contribution in [2.24, 2.45) is 0 Å². The maximum Gasteiger partial charge on any atom is 0.265 e. The van der Waals surface area contributed by atoms with Crippen molar-refractivity contribution in [3.8, 4) is 5.75 Å². The molecule has 0 heterocycles. The van der Waals surface area contributed by atoms with Crippen LogP contribution in [0.15, 0.2) is 36.4 Å². The highest BCUT2D eigenvalue weighted by Crippen LogP contribution is 2.26. The maximum atomic E-state index is 12.6. The summed E-state index contributed by atoms with van der Waals surface area (Å²) in [6.07, 6.45) is 0.0797. The van der Waals surface area contributed by atoms with Crippen molar-refractivity contribution in [2.75, 3.05) is 5.32 Å². The van der Waals surface area contributed by atoms with E-state index in [0.29, 0.717) is 22.0 Å². The number of nitrogens with one attached hydrogen (secondary N) is 2. The summed E-state index contributed by atoms with van der Waals surface area (Å²) in [5.41, 5.74) is 2.64. The van der Waals surface area contributed by atoms with E-state index in [-0.39, 0.29) is 17.9 Å². The first kappa shape index (κ1) is 21.8. The Labute approximate surface area is 171 Å². The van der Waals surface area contributed by atoms with E-state index in [2.05, 4.69) is 10.6 Å². The van der Waals surface area contributed by atoms with Gasteiger partial charge in [0.2, 0.25) is 0 Å². The lowest BCUT2D eigenvalue weighted by molar-refractivity contribution is -0.122. The van der Waals surface area contributed by atoms with Crippen molar-refractivity contribution >= 4 is 29.1 Å². The van der Waals surface area contributed by atoms with Crippen LogP contribution >= 0.6 is 11.6 Å². The van der Waals surface area contributed by atoms with Crippen LogP contribution in [0.1, 0.15) is 48.7 Å². The van der Waals surface area contributed by atoms with Gasteiger partial charge < -0.3 is 15.4 Å². The normalized spacial score (nSPS) is 12.8. The topological polar surface area (TPSA) is 67.4 Å². The molecule has 150 valence electrons. The lowest BCUT2D eigenvalue weighted by Crippen LogP contribution is -2.34. The minimum absolute atomic E-state index is 0.0508.